The molecule has 0 spiro atoms. The van der Waals surface area contributed by atoms with Crippen molar-refractivity contribution < 1.29 is 0 Å². The first kappa shape index (κ1) is 16.2. The van der Waals surface area contributed by atoms with E-state index in [1.54, 1.807) is 11.8 Å². The van der Waals surface area contributed by atoms with Crippen LogP contribution < -0.4 is 5.32 Å². The lowest BCUT2D eigenvalue weighted by molar-refractivity contribution is 0.160. The van der Waals surface area contributed by atoms with Gasteiger partial charge in [-0.1, -0.05) is 12.5 Å². The summed E-state index contributed by atoms with van der Waals surface area (Å²) in [6, 6.07) is 9.07. The van der Waals surface area contributed by atoms with Crippen molar-refractivity contribution in [2.75, 3.05) is 31.2 Å². The van der Waals surface area contributed by atoms with E-state index >= 15 is 0 Å². The highest BCUT2D eigenvalue weighted by Gasteiger charge is 2.17. The summed E-state index contributed by atoms with van der Waals surface area (Å²) in [6.07, 6.45) is 7.19. The highest BCUT2D eigenvalue weighted by atomic mass is 32.2. The van der Waals surface area contributed by atoms with Crippen LogP contribution in [-0.2, 0) is 0 Å². The van der Waals surface area contributed by atoms with E-state index in [1.807, 2.05) is 24.5 Å². The van der Waals surface area contributed by atoms with Crippen molar-refractivity contribution >= 4 is 17.4 Å². The maximum atomic E-state index is 9.31. The zero-order valence-corrected chi connectivity index (χ0v) is 13.9. The largest absolute Gasteiger partial charge is 0.384 e. The molecule has 1 aliphatic heterocycles. The molecule has 0 aromatic heterocycles. The molecule has 1 aromatic rings. The predicted octanol–water partition coefficient (Wildman–Crippen LogP) is 3.96. The minimum absolute atomic E-state index is 0.730. The van der Waals surface area contributed by atoms with E-state index < -0.39 is 0 Å². The van der Waals surface area contributed by atoms with E-state index in [2.05, 4.69) is 23.2 Å². The Morgan fingerprint density at radius 3 is 3.00 bits per heavy atom. The first-order valence-electron chi connectivity index (χ1n) is 7.81. The standard InChI is InChI=1S/C17H25N3S/c1-14-7-3-4-11-20(14)12-6-10-19-16-8-5-9-17(21-2)15(16)13-18/h5,8-9,14,19H,3-4,6-7,10-12H2,1-2H3. The van der Waals surface area contributed by atoms with Crippen LogP contribution in [0.3, 0.4) is 0 Å². The number of hydrogen-bond acceptors (Lipinski definition) is 4. The summed E-state index contributed by atoms with van der Waals surface area (Å²) in [6.45, 7) is 5.66. The number of benzene rings is 1. The summed E-state index contributed by atoms with van der Waals surface area (Å²) >= 11 is 1.63. The Morgan fingerprint density at radius 2 is 2.29 bits per heavy atom. The molecule has 4 heteroatoms. The van der Waals surface area contributed by atoms with Crippen molar-refractivity contribution in [2.24, 2.45) is 0 Å². The van der Waals surface area contributed by atoms with Gasteiger partial charge in [-0.05, 0) is 51.1 Å². The smallest absolute Gasteiger partial charge is 0.102 e. The minimum atomic E-state index is 0.730. The normalized spacial score (nSPS) is 19.2. The number of nitriles is 1. The molecule has 1 aromatic carbocycles. The quantitative estimate of drug-likeness (QED) is 0.638. The number of rotatable bonds is 6. The van der Waals surface area contributed by atoms with Crippen LogP contribution in [0.4, 0.5) is 5.69 Å². The van der Waals surface area contributed by atoms with Crippen LogP contribution >= 0.6 is 11.8 Å². The lowest BCUT2D eigenvalue weighted by atomic mass is 10.0. The molecule has 0 bridgehead atoms. The molecule has 1 fully saturated rings. The van der Waals surface area contributed by atoms with Crippen molar-refractivity contribution in [3.8, 4) is 6.07 Å². The lowest BCUT2D eigenvalue weighted by Crippen LogP contribution is -2.38. The molecule has 1 atom stereocenters. The van der Waals surface area contributed by atoms with Crippen LogP contribution in [0, 0.1) is 11.3 Å². The second kappa shape index (κ2) is 8.31. The second-order valence-corrected chi connectivity index (χ2v) is 6.50. The highest BCUT2D eigenvalue weighted by molar-refractivity contribution is 7.98. The van der Waals surface area contributed by atoms with Crippen LogP contribution in [0.15, 0.2) is 23.1 Å². The Balaban J connectivity index is 1.82. The van der Waals surface area contributed by atoms with Crippen molar-refractivity contribution in [1.29, 1.82) is 5.26 Å². The van der Waals surface area contributed by atoms with E-state index in [-0.39, 0.29) is 0 Å². The summed E-state index contributed by atoms with van der Waals surface area (Å²) in [4.78, 5) is 3.64. The van der Waals surface area contributed by atoms with E-state index in [4.69, 9.17) is 0 Å². The van der Waals surface area contributed by atoms with Gasteiger partial charge in [-0.2, -0.15) is 5.26 Å². The molecule has 1 N–H and O–H groups in total. The molecule has 0 aliphatic carbocycles. The average Bonchev–Trinajstić information content (AvgIpc) is 2.52. The Kier molecular flexibility index (Phi) is 6.41. The maximum absolute atomic E-state index is 9.31. The summed E-state index contributed by atoms with van der Waals surface area (Å²) in [5, 5.41) is 12.7. The van der Waals surface area contributed by atoms with Crippen molar-refractivity contribution in [3.05, 3.63) is 23.8 Å². The first-order chi connectivity index (χ1) is 10.3. The van der Waals surface area contributed by atoms with Gasteiger partial charge in [0.1, 0.15) is 6.07 Å². The van der Waals surface area contributed by atoms with Gasteiger partial charge in [0, 0.05) is 24.0 Å². The molecule has 1 heterocycles. The van der Waals surface area contributed by atoms with Gasteiger partial charge < -0.3 is 10.2 Å². The summed E-state index contributed by atoms with van der Waals surface area (Å²) < 4.78 is 0. The van der Waals surface area contributed by atoms with Gasteiger partial charge >= 0.3 is 0 Å². The third kappa shape index (κ3) is 4.39. The van der Waals surface area contributed by atoms with Gasteiger partial charge in [-0.15, -0.1) is 11.8 Å². The molecule has 114 valence electrons. The van der Waals surface area contributed by atoms with Crippen LogP contribution in [-0.4, -0.2) is 36.8 Å². The number of hydrogen-bond donors (Lipinski definition) is 1. The number of nitrogens with zero attached hydrogens (tertiary/aromatic N) is 2. The maximum Gasteiger partial charge on any atom is 0.102 e. The number of likely N-dealkylation sites (tertiary alicyclic amines) is 1. The van der Waals surface area contributed by atoms with E-state index in [0.717, 1.165) is 41.7 Å². The predicted molar refractivity (Wildman–Crippen MR) is 90.9 cm³/mol. The average molecular weight is 303 g/mol. The van der Waals surface area contributed by atoms with Gasteiger partial charge in [0.15, 0.2) is 0 Å². The van der Waals surface area contributed by atoms with E-state index in [9.17, 15) is 5.26 Å². The van der Waals surface area contributed by atoms with E-state index in [0.29, 0.717) is 0 Å². The Hall–Kier alpha value is -1.18. The molecule has 0 radical (unpaired) electrons. The summed E-state index contributed by atoms with van der Waals surface area (Å²) in [5.74, 6) is 0. The molecule has 1 aliphatic rings. The Labute approximate surface area is 132 Å². The zero-order valence-electron chi connectivity index (χ0n) is 13.1. The van der Waals surface area contributed by atoms with Gasteiger partial charge in [0.25, 0.3) is 0 Å². The number of piperidine rings is 1. The fraction of sp³-hybridized carbons (Fsp3) is 0.588. The molecular weight excluding hydrogens is 278 g/mol. The monoisotopic (exact) mass is 303 g/mol. The topological polar surface area (TPSA) is 39.1 Å². The van der Waals surface area contributed by atoms with Crippen LogP contribution in [0.1, 0.15) is 38.2 Å². The van der Waals surface area contributed by atoms with Gasteiger partial charge in [0.2, 0.25) is 0 Å². The SMILES string of the molecule is CSc1cccc(NCCCN2CCCCC2C)c1C#N. The molecule has 0 saturated carbocycles. The van der Waals surface area contributed by atoms with Crippen LogP contribution in [0.25, 0.3) is 0 Å². The zero-order chi connectivity index (χ0) is 15.1. The van der Waals surface area contributed by atoms with Gasteiger partial charge in [0.05, 0.1) is 11.3 Å². The van der Waals surface area contributed by atoms with Crippen LogP contribution in [0.2, 0.25) is 0 Å². The fourth-order valence-corrected chi connectivity index (χ4v) is 3.53. The molecule has 21 heavy (non-hydrogen) atoms. The molecule has 3 nitrogen and oxygen atoms in total. The summed E-state index contributed by atoms with van der Waals surface area (Å²) in [7, 11) is 0. The highest BCUT2D eigenvalue weighted by Crippen LogP contribution is 2.26. The molecule has 1 unspecified atom stereocenters. The lowest BCUT2D eigenvalue weighted by Gasteiger charge is -2.33. The third-order valence-corrected chi connectivity index (χ3v) is 5.02. The Bertz CT molecular complexity index is 495. The first-order valence-corrected chi connectivity index (χ1v) is 9.03. The van der Waals surface area contributed by atoms with E-state index in [1.165, 1.54) is 25.8 Å². The Morgan fingerprint density at radius 1 is 1.43 bits per heavy atom. The summed E-state index contributed by atoms with van der Waals surface area (Å²) in [5.41, 5.74) is 1.74. The number of thioether (sulfide) groups is 1. The minimum Gasteiger partial charge on any atom is -0.384 e. The van der Waals surface area contributed by atoms with Gasteiger partial charge in [-0.25, -0.2) is 0 Å². The van der Waals surface area contributed by atoms with Crippen molar-refractivity contribution in [1.82, 2.24) is 4.90 Å². The second-order valence-electron chi connectivity index (χ2n) is 5.66. The molecular formula is C17H25N3S. The number of nitrogens with one attached hydrogen (secondary N) is 1. The molecule has 2 rings (SSSR count). The molecule has 1 saturated heterocycles. The van der Waals surface area contributed by atoms with Gasteiger partial charge in [-0.3, -0.25) is 0 Å². The third-order valence-electron chi connectivity index (χ3n) is 4.24. The fourth-order valence-electron chi connectivity index (χ4n) is 2.96. The number of anilines is 1. The van der Waals surface area contributed by atoms with Crippen molar-refractivity contribution in [2.45, 2.75) is 43.5 Å². The van der Waals surface area contributed by atoms with Crippen LogP contribution in [0.5, 0.6) is 0 Å². The molecule has 0 amide bonds. The van der Waals surface area contributed by atoms with Crippen molar-refractivity contribution in [3.63, 3.8) is 0 Å².